The molecule has 0 aliphatic carbocycles. The highest BCUT2D eigenvalue weighted by Crippen LogP contribution is 2.38. The van der Waals surface area contributed by atoms with Gasteiger partial charge in [-0.25, -0.2) is 0 Å². The highest BCUT2D eigenvalue weighted by atomic mass is 14.2. The van der Waals surface area contributed by atoms with Crippen molar-refractivity contribution >= 4 is 172 Å². The largest absolute Gasteiger partial charge is 0.0616 e. The van der Waals surface area contributed by atoms with E-state index < -0.39 is 0 Å². The molecule has 0 aliphatic rings. The molecule has 0 bridgehead atoms. The third kappa shape index (κ3) is 12.9. The maximum absolute atomic E-state index is 2.32. The second-order valence-electron chi connectivity index (χ2n) is 28.6. The molecule has 0 aliphatic heterocycles. The predicted molar refractivity (Wildman–Crippen MR) is 467 cm³/mol. The summed E-state index contributed by atoms with van der Waals surface area (Å²) in [5, 5.41) is 42.8. The van der Waals surface area contributed by atoms with Crippen molar-refractivity contribution in [1.29, 1.82) is 0 Å². The lowest BCUT2D eigenvalue weighted by atomic mass is 9.94. The molecule has 22 rings (SSSR count). The first-order valence-electron chi connectivity index (χ1n) is 37.0. The van der Waals surface area contributed by atoms with Gasteiger partial charge in [0.2, 0.25) is 0 Å². The van der Waals surface area contributed by atoms with Crippen molar-refractivity contribution in [2.75, 3.05) is 0 Å². The number of fused-ring (bicyclic) bond motifs is 22. The van der Waals surface area contributed by atoms with E-state index in [0.717, 1.165) is 0 Å². The first-order valence-corrected chi connectivity index (χ1v) is 37.0. The van der Waals surface area contributed by atoms with E-state index in [1.54, 1.807) is 0 Å². The lowest BCUT2D eigenvalue weighted by molar-refractivity contribution is 1.51. The van der Waals surface area contributed by atoms with E-state index in [-0.39, 0.29) is 0 Å². The minimum absolute atomic E-state index is 1.31. The maximum Gasteiger partial charge on any atom is -0.00242 e. The van der Waals surface area contributed by atoms with Crippen molar-refractivity contribution in [3.8, 4) is 0 Å². The Morgan fingerprint density at radius 3 is 1.01 bits per heavy atom. The fourth-order valence-electron chi connectivity index (χ4n) is 16.3. The summed E-state index contributed by atoms with van der Waals surface area (Å²) in [6.07, 6.45) is 0. The van der Waals surface area contributed by atoms with E-state index in [1.807, 2.05) is 0 Å². The summed E-state index contributed by atoms with van der Waals surface area (Å²) in [5.74, 6) is 0. The molecule has 0 unspecified atom stereocenters. The van der Waals surface area contributed by atoms with Gasteiger partial charge in [-0.2, -0.15) is 0 Å². The van der Waals surface area contributed by atoms with Gasteiger partial charge in [0.15, 0.2) is 0 Å². The highest BCUT2D eigenvalue weighted by molar-refractivity contribution is 6.23. The third-order valence-electron chi connectivity index (χ3n) is 21.7. The molecule has 0 radical (unpaired) electrons. The molecule has 0 atom stereocenters. The van der Waals surface area contributed by atoms with Crippen LogP contribution in [0.25, 0.3) is 172 Å². The molecule has 0 aromatic heterocycles. The fourth-order valence-corrected chi connectivity index (χ4v) is 16.3. The molecule has 0 fully saturated rings. The minimum atomic E-state index is 1.31. The number of aryl methyl sites for hydroxylation is 6. The SMILES string of the molecule is Cc1c2ccccc2cc2ccccc12.Cc1cc2ccc3ccccc3c2c2ccccc12.Cc1cc2ccccc2c2c1ccc1ccccc12.Cc1ccc2ccc3cc4ccccc4cc3c2c1.Cc1cccc2cc3ccccc3cc12.Cc1cccc2ccc3cc4ccccc4cc3c12. The van der Waals surface area contributed by atoms with Crippen LogP contribution in [0.5, 0.6) is 0 Å². The summed E-state index contributed by atoms with van der Waals surface area (Å²) in [4.78, 5) is 0. The fraction of sp³-hybridized carbons (Fsp3) is 0.0566. The first kappa shape index (κ1) is 66.3. The van der Waals surface area contributed by atoms with Gasteiger partial charge in [-0.15, -0.1) is 0 Å². The minimum Gasteiger partial charge on any atom is -0.0616 e. The van der Waals surface area contributed by atoms with Crippen LogP contribution in [0.2, 0.25) is 0 Å². The van der Waals surface area contributed by atoms with E-state index in [2.05, 4.69) is 418 Å². The quantitative estimate of drug-likeness (QED) is 0.105. The van der Waals surface area contributed by atoms with E-state index in [9.17, 15) is 0 Å². The number of benzene rings is 22. The monoisotopic (exact) mass is 1350 g/mol. The molecule has 0 heteroatoms. The summed E-state index contributed by atoms with van der Waals surface area (Å²) in [6, 6.07) is 135. The zero-order valence-corrected chi connectivity index (χ0v) is 60.8. The Bertz CT molecular complexity index is 7050. The summed E-state index contributed by atoms with van der Waals surface area (Å²) in [5.41, 5.74) is 8.08. The lowest BCUT2D eigenvalue weighted by Gasteiger charge is -2.10. The van der Waals surface area contributed by atoms with Gasteiger partial charge in [-0.05, 0) is 284 Å². The molecule has 0 saturated carbocycles. The molecular formula is C106H80. The average Bonchev–Trinajstić information content (AvgIpc) is 0.767. The van der Waals surface area contributed by atoms with Crippen LogP contribution < -0.4 is 0 Å². The standard InChI is InChI=1S/4C19H14.2C15H12/c1-13-12-15-7-3-5-9-18(15)19-16(13)11-10-14-6-2-4-8-17(14)19;1-13-12-15-11-10-14-6-2-3-8-17(14)19(15)18-9-5-4-7-16(13)18;1-13-5-4-8-14-9-10-17-11-15-6-2-3-7-16(15)12-18(17)19(13)14;1-13-6-7-14-8-9-17-11-15-4-2-3-5-16(15)12-19(17)18(14)10-13;1-11-14-8-4-2-6-12(14)10-13-7-3-5-9-15(11)13;1-11-5-4-8-14-9-12-6-2-3-7-13(12)10-15(11)14/h4*2-12H,1H3;2*2-10H,1H3. The smallest absolute Gasteiger partial charge is 0.00242 e. The molecule has 0 N–H and O–H groups in total. The van der Waals surface area contributed by atoms with E-state index in [1.165, 1.54) is 206 Å². The van der Waals surface area contributed by atoms with Crippen LogP contribution in [0, 0.1) is 41.5 Å². The Morgan fingerprint density at radius 1 is 0.123 bits per heavy atom. The average molecular weight is 1350 g/mol. The Kier molecular flexibility index (Phi) is 17.9. The Hall–Kier alpha value is -13.0. The van der Waals surface area contributed by atoms with Crippen LogP contribution in [-0.2, 0) is 0 Å². The Balaban J connectivity index is 0.0000000939. The van der Waals surface area contributed by atoms with Crippen LogP contribution in [0.1, 0.15) is 33.4 Å². The van der Waals surface area contributed by atoms with Crippen LogP contribution in [-0.4, -0.2) is 0 Å². The second kappa shape index (κ2) is 28.7. The molecule has 22 aromatic rings. The van der Waals surface area contributed by atoms with Crippen molar-refractivity contribution in [1.82, 2.24) is 0 Å². The summed E-state index contributed by atoms with van der Waals surface area (Å²) >= 11 is 0. The van der Waals surface area contributed by atoms with Crippen LogP contribution in [0.3, 0.4) is 0 Å². The van der Waals surface area contributed by atoms with Gasteiger partial charge in [0.1, 0.15) is 0 Å². The van der Waals surface area contributed by atoms with Gasteiger partial charge in [0.25, 0.3) is 0 Å². The molecule has 22 aromatic carbocycles. The van der Waals surface area contributed by atoms with Crippen LogP contribution >= 0.6 is 0 Å². The summed E-state index contributed by atoms with van der Waals surface area (Å²) < 4.78 is 0. The van der Waals surface area contributed by atoms with E-state index in [4.69, 9.17) is 0 Å². The lowest BCUT2D eigenvalue weighted by Crippen LogP contribution is -1.84. The van der Waals surface area contributed by atoms with Gasteiger partial charge < -0.3 is 0 Å². The topological polar surface area (TPSA) is 0 Å². The van der Waals surface area contributed by atoms with E-state index >= 15 is 0 Å². The van der Waals surface area contributed by atoms with Gasteiger partial charge in [0, 0.05) is 0 Å². The maximum atomic E-state index is 2.32. The number of hydrogen-bond donors (Lipinski definition) is 0. The van der Waals surface area contributed by atoms with Crippen LogP contribution in [0.4, 0.5) is 0 Å². The zero-order chi connectivity index (χ0) is 71.8. The first-order chi connectivity index (χ1) is 52.0. The number of rotatable bonds is 0. The molecule has 0 heterocycles. The highest BCUT2D eigenvalue weighted by Gasteiger charge is 2.12. The van der Waals surface area contributed by atoms with Crippen molar-refractivity contribution in [3.63, 3.8) is 0 Å². The van der Waals surface area contributed by atoms with Crippen molar-refractivity contribution in [2.45, 2.75) is 41.5 Å². The van der Waals surface area contributed by atoms with E-state index in [0.29, 0.717) is 0 Å². The summed E-state index contributed by atoms with van der Waals surface area (Å²) in [7, 11) is 0. The Morgan fingerprint density at radius 2 is 0.434 bits per heavy atom. The molecule has 0 saturated heterocycles. The number of hydrogen-bond acceptors (Lipinski definition) is 0. The molecule has 0 amide bonds. The normalized spacial score (nSPS) is 11.3. The molecular weight excluding hydrogens is 1270 g/mol. The summed E-state index contributed by atoms with van der Waals surface area (Å²) in [6.45, 7) is 13.1. The van der Waals surface area contributed by atoms with Gasteiger partial charge in [0.05, 0.1) is 0 Å². The Labute approximate surface area is 619 Å². The molecule has 0 nitrogen and oxygen atoms in total. The molecule has 504 valence electrons. The third-order valence-corrected chi connectivity index (χ3v) is 21.7. The van der Waals surface area contributed by atoms with Crippen molar-refractivity contribution in [3.05, 3.63) is 409 Å². The molecule has 0 spiro atoms. The van der Waals surface area contributed by atoms with Crippen molar-refractivity contribution in [2.24, 2.45) is 0 Å². The van der Waals surface area contributed by atoms with Gasteiger partial charge in [-0.1, -0.05) is 339 Å². The van der Waals surface area contributed by atoms with Gasteiger partial charge in [-0.3, -0.25) is 0 Å². The second-order valence-corrected chi connectivity index (χ2v) is 28.6. The molecule has 106 heavy (non-hydrogen) atoms. The van der Waals surface area contributed by atoms with Gasteiger partial charge >= 0.3 is 0 Å². The van der Waals surface area contributed by atoms with Crippen molar-refractivity contribution < 1.29 is 0 Å². The zero-order valence-electron chi connectivity index (χ0n) is 60.8. The predicted octanol–water partition coefficient (Wildman–Crippen LogP) is 30.4. The van der Waals surface area contributed by atoms with Crippen LogP contribution in [0.15, 0.2) is 376 Å².